The maximum atomic E-state index is 5.76. The molecule has 0 radical (unpaired) electrons. The summed E-state index contributed by atoms with van der Waals surface area (Å²) in [7, 11) is 0. The summed E-state index contributed by atoms with van der Waals surface area (Å²) in [6, 6.07) is 0.588. The minimum absolute atomic E-state index is 0.588. The highest BCUT2D eigenvalue weighted by molar-refractivity contribution is 5.07. The third-order valence-electron chi connectivity index (χ3n) is 2.85. The Hall–Kier alpha value is -0.0400. The fourth-order valence-corrected chi connectivity index (χ4v) is 2.03. The molecular weight excluding hydrogens is 98.1 g/mol. The van der Waals surface area contributed by atoms with E-state index in [0.717, 1.165) is 0 Å². The van der Waals surface area contributed by atoms with E-state index in [1.165, 1.54) is 32.1 Å². The molecule has 0 aromatic carbocycles. The summed E-state index contributed by atoms with van der Waals surface area (Å²) in [5.41, 5.74) is 6.44. The number of hydrogen-bond donors (Lipinski definition) is 1. The lowest BCUT2D eigenvalue weighted by Gasteiger charge is -2.01. The van der Waals surface area contributed by atoms with Gasteiger partial charge in [-0.15, -0.1) is 0 Å². The Morgan fingerprint density at radius 1 is 1.25 bits per heavy atom. The molecule has 0 bridgehead atoms. The molecule has 0 aliphatic heterocycles. The lowest BCUT2D eigenvalue weighted by Crippen LogP contribution is -2.09. The summed E-state index contributed by atoms with van der Waals surface area (Å²) in [4.78, 5) is 0. The molecule has 0 heterocycles. The molecule has 1 nitrogen and oxygen atoms in total. The maximum absolute atomic E-state index is 5.76. The minimum atomic E-state index is 0.588. The predicted octanol–water partition coefficient (Wildman–Crippen LogP) is 1.28. The van der Waals surface area contributed by atoms with Crippen molar-refractivity contribution in [2.75, 3.05) is 0 Å². The Balaban J connectivity index is 2.06. The minimum Gasteiger partial charge on any atom is -0.327 e. The van der Waals surface area contributed by atoms with Gasteiger partial charge < -0.3 is 5.73 Å². The van der Waals surface area contributed by atoms with Crippen molar-refractivity contribution in [2.24, 2.45) is 11.1 Å². The van der Waals surface area contributed by atoms with Crippen LogP contribution in [0.5, 0.6) is 0 Å². The molecule has 2 N–H and O–H groups in total. The van der Waals surface area contributed by atoms with Crippen molar-refractivity contribution in [3.05, 3.63) is 0 Å². The topological polar surface area (TPSA) is 26.0 Å². The molecule has 1 heteroatoms. The smallest absolute Gasteiger partial charge is 0.0102 e. The molecule has 1 unspecified atom stereocenters. The van der Waals surface area contributed by atoms with E-state index in [0.29, 0.717) is 11.5 Å². The van der Waals surface area contributed by atoms with Crippen LogP contribution in [0.1, 0.15) is 32.1 Å². The molecule has 1 spiro atoms. The van der Waals surface area contributed by atoms with E-state index in [-0.39, 0.29) is 0 Å². The Morgan fingerprint density at radius 3 is 2.00 bits per heavy atom. The summed E-state index contributed by atoms with van der Waals surface area (Å²) in [5, 5.41) is 0. The Kier molecular flexibility index (Phi) is 0.762. The molecule has 46 valence electrons. The van der Waals surface area contributed by atoms with Crippen molar-refractivity contribution in [2.45, 2.75) is 38.1 Å². The third-order valence-corrected chi connectivity index (χ3v) is 2.85. The van der Waals surface area contributed by atoms with Crippen LogP contribution in [0.4, 0.5) is 0 Å². The highest BCUT2D eigenvalue weighted by atomic mass is 14.8. The van der Waals surface area contributed by atoms with Crippen LogP contribution in [0.25, 0.3) is 0 Å². The molecule has 0 aromatic heterocycles. The number of nitrogens with two attached hydrogens (primary N) is 1. The Morgan fingerprint density at radius 2 is 1.75 bits per heavy atom. The van der Waals surface area contributed by atoms with Crippen molar-refractivity contribution in [1.29, 1.82) is 0 Å². The second kappa shape index (κ2) is 1.27. The van der Waals surface area contributed by atoms with Crippen molar-refractivity contribution in [3.8, 4) is 0 Å². The summed E-state index contributed by atoms with van der Waals surface area (Å²) in [6.07, 6.45) is 7.05. The molecule has 2 rings (SSSR count). The first kappa shape index (κ1) is 4.80. The fraction of sp³-hybridized carbons (Fsp3) is 1.00. The molecule has 2 aliphatic rings. The van der Waals surface area contributed by atoms with Crippen LogP contribution in [0, 0.1) is 5.41 Å². The summed E-state index contributed by atoms with van der Waals surface area (Å²) in [5.74, 6) is 0. The highest BCUT2D eigenvalue weighted by Gasteiger charge is 2.52. The van der Waals surface area contributed by atoms with E-state index in [1.807, 2.05) is 0 Å². The van der Waals surface area contributed by atoms with Crippen molar-refractivity contribution in [1.82, 2.24) is 0 Å². The van der Waals surface area contributed by atoms with Crippen LogP contribution in [-0.4, -0.2) is 6.04 Å². The van der Waals surface area contributed by atoms with Gasteiger partial charge in [0.15, 0.2) is 0 Å². The summed E-state index contributed by atoms with van der Waals surface area (Å²) >= 11 is 0. The Labute approximate surface area is 50.3 Å². The standard InChI is InChI=1S/C7H13N/c8-6-5-7(6)3-1-2-4-7/h6H,1-5,8H2. The largest absolute Gasteiger partial charge is 0.327 e. The van der Waals surface area contributed by atoms with E-state index in [4.69, 9.17) is 5.73 Å². The molecule has 1 atom stereocenters. The van der Waals surface area contributed by atoms with Crippen molar-refractivity contribution >= 4 is 0 Å². The van der Waals surface area contributed by atoms with E-state index in [9.17, 15) is 0 Å². The van der Waals surface area contributed by atoms with Gasteiger partial charge in [-0.1, -0.05) is 12.8 Å². The van der Waals surface area contributed by atoms with Gasteiger partial charge in [0, 0.05) is 6.04 Å². The fourth-order valence-electron chi connectivity index (χ4n) is 2.03. The first-order valence-corrected chi connectivity index (χ1v) is 3.59. The normalized spacial score (nSPS) is 40.9. The van der Waals surface area contributed by atoms with Crippen LogP contribution in [0.15, 0.2) is 0 Å². The first-order valence-electron chi connectivity index (χ1n) is 3.59. The van der Waals surface area contributed by atoms with E-state index in [2.05, 4.69) is 0 Å². The van der Waals surface area contributed by atoms with Crippen LogP contribution in [-0.2, 0) is 0 Å². The van der Waals surface area contributed by atoms with Gasteiger partial charge in [0.1, 0.15) is 0 Å². The van der Waals surface area contributed by atoms with Crippen LogP contribution < -0.4 is 5.73 Å². The maximum Gasteiger partial charge on any atom is 0.0102 e. The van der Waals surface area contributed by atoms with Gasteiger partial charge in [-0.2, -0.15) is 0 Å². The van der Waals surface area contributed by atoms with Crippen LogP contribution in [0.3, 0.4) is 0 Å². The highest BCUT2D eigenvalue weighted by Crippen LogP contribution is 2.56. The molecule has 0 amide bonds. The van der Waals surface area contributed by atoms with E-state index >= 15 is 0 Å². The van der Waals surface area contributed by atoms with Gasteiger partial charge >= 0.3 is 0 Å². The van der Waals surface area contributed by atoms with Crippen LogP contribution >= 0.6 is 0 Å². The van der Waals surface area contributed by atoms with Gasteiger partial charge in [-0.05, 0) is 24.7 Å². The molecule has 2 fully saturated rings. The summed E-state index contributed by atoms with van der Waals surface area (Å²) in [6.45, 7) is 0. The zero-order valence-electron chi connectivity index (χ0n) is 5.19. The lowest BCUT2D eigenvalue weighted by molar-refractivity contribution is 0.511. The van der Waals surface area contributed by atoms with Crippen LogP contribution in [0.2, 0.25) is 0 Å². The quantitative estimate of drug-likeness (QED) is 0.500. The Bertz CT molecular complexity index is 103. The zero-order chi connectivity index (χ0) is 5.61. The second-order valence-electron chi connectivity index (χ2n) is 3.38. The van der Waals surface area contributed by atoms with E-state index < -0.39 is 0 Å². The van der Waals surface area contributed by atoms with Gasteiger partial charge in [-0.3, -0.25) is 0 Å². The molecule has 0 aromatic rings. The molecule has 2 saturated carbocycles. The summed E-state index contributed by atoms with van der Waals surface area (Å²) < 4.78 is 0. The van der Waals surface area contributed by atoms with Gasteiger partial charge in [0.2, 0.25) is 0 Å². The average molecular weight is 111 g/mol. The molecule has 0 saturated heterocycles. The van der Waals surface area contributed by atoms with E-state index in [1.54, 1.807) is 0 Å². The van der Waals surface area contributed by atoms with Gasteiger partial charge in [0.25, 0.3) is 0 Å². The van der Waals surface area contributed by atoms with Gasteiger partial charge in [-0.25, -0.2) is 0 Å². The third kappa shape index (κ3) is 0.455. The predicted molar refractivity (Wildman–Crippen MR) is 33.5 cm³/mol. The molecule has 8 heavy (non-hydrogen) atoms. The monoisotopic (exact) mass is 111 g/mol. The first-order chi connectivity index (χ1) is 3.83. The van der Waals surface area contributed by atoms with Gasteiger partial charge in [0.05, 0.1) is 0 Å². The second-order valence-corrected chi connectivity index (χ2v) is 3.38. The average Bonchev–Trinajstić information content (AvgIpc) is 2.29. The molecular formula is C7H13N. The van der Waals surface area contributed by atoms with Crippen molar-refractivity contribution < 1.29 is 0 Å². The molecule has 2 aliphatic carbocycles. The number of hydrogen-bond acceptors (Lipinski definition) is 1. The lowest BCUT2D eigenvalue weighted by atomic mass is 10.1. The van der Waals surface area contributed by atoms with Crippen molar-refractivity contribution in [3.63, 3.8) is 0 Å². The zero-order valence-corrected chi connectivity index (χ0v) is 5.19. The number of rotatable bonds is 0. The SMILES string of the molecule is NC1CC12CCCC2.